The average molecular weight is 749 g/mol. The molecule has 7 aliphatic rings. The summed E-state index contributed by atoms with van der Waals surface area (Å²) < 4.78 is 24.0. The summed E-state index contributed by atoms with van der Waals surface area (Å²) in [6, 6.07) is 0. The van der Waals surface area contributed by atoms with Crippen molar-refractivity contribution in [1.29, 1.82) is 0 Å². The molecule has 0 radical (unpaired) electrons. The van der Waals surface area contributed by atoms with Gasteiger partial charge >= 0.3 is 0 Å². The Hall–Kier alpha value is -0.990. The molecule has 6 N–H and O–H groups in total. The van der Waals surface area contributed by atoms with E-state index in [9.17, 15) is 35.4 Å². The maximum Gasteiger partial charge on any atom is 0.186 e. The summed E-state index contributed by atoms with van der Waals surface area (Å²) in [5.41, 5.74) is 1.45. The zero-order chi connectivity index (χ0) is 38.7. The van der Waals surface area contributed by atoms with Gasteiger partial charge in [-0.1, -0.05) is 60.1 Å². The first kappa shape index (κ1) is 40.2. The standard InChI is InChI=1S/C42H68O11/c1-22-29(44)31(46)33(48)35(51-22)50-20-25-30(45)32(47)34(49)36(52-25)53-28-12-13-39(6)26(38(28,4)5)11-14-41(8)27(39)10-9-23-24-19-37(2,3)15-17-42(24,21-43)18-16-40(23,41)7/h9,21-22,24-36,44-49H,10-20H2,1-8H3/t22-,24?,25+,26?,27?,28-,29-,30+,31+,32-,33+,34+,35+,36-,39-,40+,41+,42+/m0/s1. The molecule has 11 nitrogen and oxygen atoms in total. The fourth-order valence-corrected chi connectivity index (χ4v) is 13.4. The van der Waals surface area contributed by atoms with Crippen LogP contribution in [0.2, 0.25) is 0 Å². The predicted octanol–water partition coefficient (Wildman–Crippen LogP) is 4.02. The quantitative estimate of drug-likeness (QED) is 0.132. The number of aliphatic hydroxyl groups is 6. The van der Waals surface area contributed by atoms with E-state index in [1.54, 1.807) is 12.5 Å². The molecule has 53 heavy (non-hydrogen) atoms. The van der Waals surface area contributed by atoms with Gasteiger partial charge in [0.2, 0.25) is 0 Å². The van der Waals surface area contributed by atoms with Gasteiger partial charge < -0.3 is 54.4 Å². The van der Waals surface area contributed by atoms with Crippen LogP contribution in [-0.4, -0.2) is 111 Å². The molecular formula is C42H68O11. The van der Waals surface area contributed by atoms with Crippen molar-refractivity contribution in [3.63, 3.8) is 0 Å². The van der Waals surface area contributed by atoms with E-state index in [4.69, 9.17) is 18.9 Å². The van der Waals surface area contributed by atoms with Crippen LogP contribution >= 0.6 is 0 Å². The topological polar surface area (TPSA) is 175 Å². The van der Waals surface area contributed by atoms with Crippen molar-refractivity contribution in [2.75, 3.05) is 6.61 Å². The lowest BCUT2D eigenvalue weighted by Crippen LogP contribution is -2.66. The number of aliphatic hydroxyl groups excluding tert-OH is 6. The maximum atomic E-state index is 12.8. The largest absolute Gasteiger partial charge is 0.388 e. The van der Waals surface area contributed by atoms with Crippen LogP contribution in [0.3, 0.4) is 0 Å². The van der Waals surface area contributed by atoms with Gasteiger partial charge in [-0.05, 0) is 116 Å². The summed E-state index contributed by atoms with van der Waals surface area (Å²) in [6.45, 7) is 18.1. The van der Waals surface area contributed by atoms with Crippen LogP contribution in [0.25, 0.3) is 0 Å². The molecule has 302 valence electrons. The normalized spacial score (nSPS) is 54.7. The molecule has 5 aliphatic carbocycles. The summed E-state index contributed by atoms with van der Waals surface area (Å²) in [5, 5.41) is 63.5. The number of ether oxygens (including phenoxy) is 4. The monoisotopic (exact) mass is 748 g/mol. The minimum Gasteiger partial charge on any atom is -0.388 e. The first-order valence-electron chi connectivity index (χ1n) is 20.5. The maximum absolute atomic E-state index is 12.8. The van der Waals surface area contributed by atoms with Gasteiger partial charge in [0.15, 0.2) is 12.6 Å². The van der Waals surface area contributed by atoms with Crippen molar-refractivity contribution in [3.05, 3.63) is 11.6 Å². The Morgan fingerprint density at radius 1 is 0.755 bits per heavy atom. The highest BCUT2D eigenvalue weighted by Gasteiger charge is 2.68. The van der Waals surface area contributed by atoms with Crippen LogP contribution in [0.15, 0.2) is 11.6 Å². The van der Waals surface area contributed by atoms with E-state index in [0.717, 1.165) is 64.2 Å². The average Bonchev–Trinajstić information content (AvgIpc) is 3.10. The number of fused-ring (bicyclic) bond motifs is 7. The molecule has 3 unspecified atom stereocenters. The summed E-state index contributed by atoms with van der Waals surface area (Å²) in [6.07, 6.45) is 0.392. The van der Waals surface area contributed by atoms with E-state index >= 15 is 0 Å². The number of carbonyl (C=O) groups excluding carboxylic acids is 1. The van der Waals surface area contributed by atoms with Gasteiger partial charge in [-0.2, -0.15) is 0 Å². The van der Waals surface area contributed by atoms with Crippen LogP contribution < -0.4 is 0 Å². The minimum atomic E-state index is -1.56. The molecule has 0 aromatic heterocycles. The lowest BCUT2D eigenvalue weighted by atomic mass is 9.33. The molecule has 6 fully saturated rings. The summed E-state index contributed by atoms with van der Waals surface area (Å²) in [4.78, 5) is 12.8. The fourth-order valence-electron chi connectivity index (χ4n) is 13.4. The number of hydrogen-bond donors (Lipinski definition) is 6. The third-order valence-electron chi connectivity index (χ3n) is 17.1. The molecule has 0 amide bonds. The van der Waals surface area contributed by atoms with Crippen molar-refractivity contribution >= 4 is 6.29 Å². The van der Waals surface area contributed by atoms with E-state index in [0.29, 0.717) is 17.8 Å². The molecule has 0 bridgehead atoms. The Labute approximate surface area is 315 Å². The van der Waals surface area contributed by atoms with Crippen LogP contribution in [0.4, 0.5) is 0 Å². The second-order valence-electron chi connectivity index (χ2n) is 20.6. The van der Waals surface area contributed by atoms with Crippen molar-refractivity contribution < 1.29 is 54.4 Å². The minimum absolute atomic E-state index is 0.0364. The molecule has 18 atom stereocenters. The van der Waals surface area contributed by atoms with Crippen molar-refractivity contribution in [1.82, 2.24) is 0 Å². The molecule has 0 aromatic carbocycles. The molecule has 2 aliphatic heterocycles. The van der Waals surface area contributed by atoms with Crippen molar-refractivity contribution in [2.24, 2.45) is 50.2 Å². The van der Waals surface area contributed by atoms with E-state index in [1.165, 1.54) is 6.29 Å². The summed E-state index contributed by atoms with van der Waals surface area (Å²) in [5.74, 6) is 1.12. The number of aldehydes is 1. The first-order chi connectivity index (χ1) is 24.7. The summed E-state index contributed by atoms with van der Waals surface area (Å²) in [7, 11) is 0. The Morgan fingerprint density at radius 3 is 2.11 bits per heavy atom. The van der Waals surface area contributed by atoms with Gasteiger partial charge in [-0.25, -0.2) is 0 Å². The zero-order valence-corrected chi connectivity index (χ0v) is 33.2. The SMILES string of the molecule is C[C@@H]1O[C@@H](OC[C@H]2O[C@@H](O[C@H]3CC[C@@]4(C)C(CC[C@]5(C)C4CC=C4C6CC(C)(C)CC[C@]6(C=O)CC[C@]45C)C3(C)C)[C@H](O)[C@@H](O)[C@@H]2O)[C@H](O)[C@H](O)[C@H]1O. The Morgan fingerprint density at radius 2 is 1.42 bits per heavy atom. The van der Waals surface area contributed by atoms with Crippen LogP contribution in [0.1, 0.15) is 120 Å². The van der Waals surface area contributed by atoms with Crippen LogP contribution in [0.5, 0.6) is 0 Å². The van der Waals surface area contributed by atoms with Crippen molar-refractivity contribution in [2.45, 2.75) is 187 Å². The smallest absolute Gasteiger partial charge is 0.186 e. The van der Waals surface area contributed by atoms with Gasteiger partial charge in [-0.3, -0.25) is 0 Å². The molecule has 2 saturated heterocycles. The number of allylic oxidation sites excluding steroid dienone is 2. The Bertz CT molecular complexity index is 1420. The first-order valence-corrected chi connectivity index (χ1v) is 20.5. The molecule has 7 rings (SSSR count). The van der Waals surface area contributed by atoms with Crippen LogP contribution in [0, 0.1) is 50.2 Å². The van der Waals surface area contributed by atoms with E-state index in [-0.39, 0.29) is 45.2 Å². The number of carbonyl (C=O) groups is 1. The van der Waals surface area contributed by atoms with Gasteiger partial charge in [0, 0.05) is 5.41 Å². The lowest BCUT2D eigenvalue weighted by molar-refractivity contribution is -0.344. The molecule has 4 saturated carbocycles. The predicted molar refractivity (Wildman–Crippen MR) is 195 cm³/mol. The van der Waals surface area contributed by atoms with E-state index in [1.807, 2.05) is 0 Å². The third-order valence-corrected chi connectivity index (χ3v) is 17.1. The van der Waals surface area contributed by atoms with E-state index < -0.39 is 61.4 Å². The molecule has 11 heteroatoms. The molecule has 0 spiro atoms. The van der Waals surface area contributed by atoms with Gasteiger partial charge in [0.25, 0.3) is 0 Å². The highest BCUT2D eigenvalue weighted by molar-refractivity contribution is 5.63. The second kappa shape index (κ2) is 13.6. The van der Waals surface area contributed by atoms with Gasteiger partial charge in [-0.15, -0.1) is 0 Å². The lowest BCUT2D eigenvalue weighted by Gasteiger charge is -2.71. The number of hydrogen-bond acceptors (Lipinski definition) is 11. The highest BCUT2D eigenvalue weighted by atomic mass is 16.7. The van der Waals surface area contributed by atoms with Crippen molar-refractivity contribution in [3.8, 4) is 0 Å². The summed E-state index contributed by atoms with van der Waals surface area (Å²) >= 11 is 0. The van der Waals surface area contributed by atoms with Gasteiger partial charge in [0.05, 0.1) is 18.8 Å². The molecular weight excluding hydrogens is 680 g/mol. The van der Waals surface area contributed by atoms with Gasteiger partial charge in [0.1, 0.15) is 49.0 Å². The van der Waals surface area contributed by atoms with E-state index in [2.05, 4.69) is 54.5 Å². The second-order valence-corrected chi connectivity index (χ2v) is 20.6. The van der Waals surface area contributed by atoms with Crippen LogP contribution in [-0.2, 0) is 23.7 Å². The third kappa shape index (κ3) is 6.08. The fraction of sp³-hybridized carbons (Fsp3) is 0.929. The zero-order valence-electron chi connectivity index (χ0n) is 33.2. The Balaban J connectivity index is 1.08. The Kier molecular flexibility index (Phi) is 10.3. The number of rotatable bonds is 6. The highest BCUT2D eigenvalue weighted by Crippen LogP contribution is 2.75. The molecule has 0 aromatic rings. The molecule has 2 heterocycles.